The zero-order chi connectivity index (χ0) is 18.8. The van der Waals surface area contributed by atoms with Crippen molar-refractivity contribution in [3.05, 3.63) is 71.0 Å². The molecule has 3 aromatic rings. The molecule has 0 bridgehead atoms. The quantitative estimate of drug-likeness (QED) is 0.696. The molecule has 1 aliphatic heterocycles. The van der Waals surface area contributed by atoms with E-state index < -0.39 is 5.25 Å². The van der Waals surface area contributed by atoms with Crippen LogP contribution in [-0.2, 0) is 11.2 Å². The van der Waals surface area contributed by atoms with Gasteiger partial charge in [-0.1, -0.05) is 66.7 Å². The van der Waals surface area contributed by atoms with Crippen LogP contribution in [0.3, 0.4) is 0 Å². The molecule has 1 aromatic heterocycles. The van der Waals surface area contributed by atoms with Crippen LogP contribution < -0.4 is 10.7 Å². The molecular formula is C19H18ClN5OS. The minimum Gasteiger partial charge on any atom is -0.325 e. The Morgan fingerprint density at radius 1 is 1.22 bits per heavy atom. The molecule has 0 aliphatic carbocycles. The normalized spacial score (nSPS) is 18.4. The number of anilines is 1. The van der Waals surface area contributed by atoms with Crippen LogP contribution in [0.1, 0.15) is 24.4 Å². The van der Waals surface area contributed by atoms with E-state index in [2.05, 4.69) is 20.9 Å². The number of nitrogens with zero attached hydrogens (tertiary/aromatic N) is 3. The molecule has 0 saturated heterocycles. The Kier molecular flexibility index (Phi) is 5.05. The van der Waals surface area contributed by atoms with Crippen LogP contribution in [-0.4, -0.2) is 26.0 Å². The lowest BCUT2D eigenvalue weighted by Gasteiger charge is -2.33. The Morgan fingerprint density at radius 3 is 2.78 bits per heavy atom. The second kappa shape index (κ2) is 7.62. The lowest BCUT2D eigenvalue weighted by molar-refractivity contribution is -0.116. The molecule has 8 heteroatoms. The molecule has 1 aliphatic rings. The van der Waals surface area contributed by atoms with Gasteiger partial charge < -0.3 is 10.7 Å². The maximum atomic E-state index is 13.1. The monoisotopic (exact) mass is 399 g/mol. The summed E-state index contributed by atoms with van der Waals surface area (Å²) in [5, 5.41) is 12.3. The first-order valence-corrected chi connectivity index (χ1v) is 9.90. The molecule has 2 atom stereocenters. The van der Waals surface area contributed by atoms with Crippen molar-refractivity contribution in [3.8, 4) is 0 Å². The predicted octanol–water partition coefficient (Wildman–Crippen LogP) is 3.89. The van der Waals surface area contributed by atoms with Gasteiger partial charge in [-0.05, 0) is 23.8 Å². The summed E-state index contributed by atoms with van der Waals surface area (Å²) in [4.78, 5) is 13.1. The fourth-order valence-corrected chi connectivity index (χ4v) is 4.31. The van der Waals surface area contributed by atoms with Gasteiger partial charge in [0.05, 0.1) is 6.04 Å². The second-order valence-electron chi connectivity index (χ2n) is 6.14. The van der Waals surface area contributed by atoms with E-state index in [0.29, 0.717) is 15.9 Å². The zero-order valence-electron chi connectivity index (χ0n) is 14.6. The lowest BCUT2D eigenvalue weighted by atomic mass is 10.0. The second-order valence-corrected chi connectivity index (χ2v) is 7.69. The smallest absolute Gasteiger partial charge is 0.240 e. The van der Waals surface area contributed by atoms with E-state index in [0.717, 1.165) is 17.8 Å². The summed E-state index contributed by atoms with van der Waals surface area (Å²) in [6, 6.07) is 16.8. The number of amides is 1. The SMILES string of the molecule is CCc1nnc2n1NC(c1ccccc1)C(C(=O)Nc1cccc(Cl)c1)S2. The van der Waals surface area contributed by atoms with Crippen LogP contribution in [0.2, 0.25) is 5.02 Å². The molecule has 2 N–H and O–H groups in total. The summed E-state index contributed by atoms with van der Waals surface area (Å²) in [5.74, 6) is 0.725. The van der Waals surface area contributed by atoms with Crippen molar-refractivity contribution >= 4 is 35.0 Å². The number of hydrogen-bond donors (Lipinski definition) is 2. The van der Waals surface area contributed by atoms with Gasteiger partial charge in [0, 0.05) is 17.1 Å². The molecule has 1 amide bonds. The molecule has 0 spiro atoms. The highest BCUT2D eigenvalue weighted by Crippen LogP contribution is 2.37. The summed E-state index contributed by atoms with van der Waals surface area (Å²) in [6.45, 7) is 2.03. The zero-order valence-corrected chi connectivity index (χ0v) is 16.2. The molecule has 0 radical (unpaired) electrons. The van der Waals surface area contributed by atoms with Gasteiger partial charge >= 0.3 is 0 Å². The number of aromatic nitrogens is 3. The fourth-order valence-electron chi connectivity index (χ4n) is 3.02. The number of benzene rings is 2. The topological polar surface area (TPSA) is 71.8 Å². The van der Waals surface area contributed by atoms with Crippen LogP contribution in [0, 0.1) is 0 Å². The summed E-state index contributed by atoms with van der Waals surface area (Å²) < 4.78 is 1.88. The minimum atomic E-state index is -0.409. The molecule has 2 heterocycles. The van der Waals surface area contributed by atoms with E-state index >= 15 is 0 Å². The van der Waals surface area contributed by atoms with E-state index in [1.165, 1.54) is 11.8 Å². The molecule has 0 fully saturated rings. The third kappa shape index (κ3) is 3.65. The first kappa shape index (κ1) is 17.9. The maximum Gasteiger partial charge on any atom is 0.240 e. The van der Waals surface area contributed by atoms with Crippen molar-refractivity contribution in [1.29, 1.82) is 0 Å². The Labute approximate surface area is 166 Å². The van der Waals surface area contributed by atoms with Crippen molar-refractivity contribution in [2.75, 3.05) is 10.7 Å². The number of aryl methyl sites for hydroxylation is 1. The molecule has 138 valence electrons. The van der Waals surface area contributed by atoms with Crippen LogP contribution >= 0.6 is 23.4 Å². The largest absolute Gasteiger partial charge is 0.325 e. The molecule has 0 saturated carbocycles. The van der Waals surface area contributed by atoms with Gasteiger partial charge in [0.1, 0.15) is 5.25 Å². The predicted molar refractivity (Wildman–Crippen MR) is 108 cm³/mol. The highest BCUT2D eigenvalue weighted by molar-refractivity contribution is 8.00. The maximum absolute atomic E-state index is 13.1. The van der Waals surface area contributed by atoms with Gasteiger partial charge in [-0.25, -0.2) is 4.68 Å². The third-order valence-corrected chi connectivity index (χ3v) is 5.78. The van der Waals surface area contributed by atoms with E-state index in [4.69, 9.17) is 11.6 Å². The van der Waals surface area contributed by atoms with E-state index in [9.17, 15) is 4.79 Å². The van der Waals surface area contributed by atoms with Gasteiger partial charge in [-0.15, -0.1) is 10.2 Å². The Bertz CT molecular complexity index is 962. The van der Waals surface area contributed by atoms with Crippen molar-refractivity contribution in [3.63, 3.8) is 0 Å². The van der Waals surface area contributed by atoms with Gasteiger partial charge in [0.2, 0.25) is 11.1 Å². The highest BCUT2D eigenvalue weighted by Gasteiger charge is 2.37. The Morgan fingerprint density at radius 2 is 2.04 bits per heavy atom. The molecule has 2 unspecified atom stereocenters. The lowest BCUT2D eigenvalue weighted by Crippen LogP contribution is -2.41. The molecule has 27 heavy (non-hydrogen) atoms. The first-order valence-electron chi connectivity index (χ1n) is 8.64. The van der Waals surface area contributed by atoms with Gasteiger partial charge in [-0.3, -0.25) is 4.79 Å². The van der Waals surface area contributed by atoms with Crippen LogP contribution in [0.5, 0.6) is 0 Å². The summed E-state index contributed by atoms with van der Waals surface area (Å²) in [7, 11) is 0. The van der Waals surface area contributed by atoms with Gasteiger partial charge in [0.15, 0.2) is 5.82 Å². The average Bonchev–Trinajstić information content (AvgIpc) is 3.10. The summed E-state index contributed by atoms with van der Waals surface area (Å²) in [5.41, 5.74) is 5.12. The number of carbonyl (C=O) groups is 1. The van der Waals surface area contributed by atoms with Crippen LogP contribution in [0.25, 0.3) is 0 Å². The summed E-state index contributed by atoms with van der Waals surface area (Å²) in [6.07, 6.45) is 0.751. The fraction of sp³-hybridized carbons (Fsp3) is 0.211. The average molecular weight is 400 g/mol. The molecule has 4 rings (SSSR count). The first-order chi connectivity index (χ1) is 13.2. The number of rotatable bonds is 4. The molecule has 2 aromatic carbocycles. The summed E-state index contributed by atoms with van der Waals surface area (Å²) >= 11 is 7.44. The van der Waals surface area contributed by atoms with Crippen LogP contribution in [0.4, 0.5) is 5.69 Å². The minimum absolute atomic E-state index is 0.115. The van der Waals surface area contributed by atoms with Gasteiger partial charge in [-0.2, -0.15) is 0 Å². The van der Waals surface area contributed by atoms with Crippen molar-refractivity contribution in [1.82, 2.24) is 14.9 Å². The third-order valence-electron chi connectivity index (χ3n) is 4.33. The van der Waals surface area contributed by atoms with E-state index in [1.807, 2.05) is 54.1 Å². The van der Waals surface area contributed by atoms with E-state index in [-0.39, 0.29) is 11.9 Å². The highest BCUT2D eigenvalue weighted by atomic mass is 35.5. The van der Waals surface area contributed by atoms with E-state index in [1.54, 1.807) is 12.1 Å². The number of nitrogens with one attached hydrogen (secondary N) is 2. The van der Waals surface area contributed by atoms with Gasteiger partial charge in [0.25, 0.3) is 0 Å². The van der Waals surface area contributed by atoms with Crippen LogP contribution in [0.15, 0.2) is 59.8 Å². The standard InChI is InChI=1S/C19H18ClN5OS/c1-2-15-22-23-19-25(15)24-16(12-7-4-3-5-8-12)17(27-19)18(26)21-14-10-6-9-13(20)11-14/h3-11,16-17,24H,2H2,1H3,(H,21,26). The number of carbonyl (C=O) groups excluding carboxylic acids is 1. The van der Waals surface area contributed by atoms with Crippen molar-refractivity contribution in [2.24, 2.45) is 0 Å². The number of thioether (sulfide) groups is 1. The molecule has 6 nitrogen and oxygen atoms in total. The number of fused-ring (bicyclic) bond motifs is 1. The molecular weight excluding hydrogens is 382 g/mol. The van der Waals surface area contributed by atoms with Crippen molar-refractivity contribution in [2.45, 2.75) is 29.8 Å². The number of halogens is 1. The number of hydrogen-bond acceptors (Lipinski definition) is 5. The Hall–Kier alpha value is -2.51. The van der Waals surface area contributed by atoms with Crippen molar-refractivity contribution < 1.29 is 4.79 Å². The Balaban J connectivity index is 1.66.